The standard InChI is InChI=1S/C16H6ClF25O4S/c1-3(18,14(17,37)38)6(21,22)11(31,32)7(23,24)4(2,19)15(39,40)45-47(43,44)46-16(41,42)13(35,36)10(29,30)5(20)8(25,26)12(33,34)9(5,27)28/h1-2H3/t3-,4-/m1/s1. The molecule has 47 heavy (non-hydrogen) atoms. The molecule has 0 saturated heterocycles. The van der Waals surface area contributed by atoms with Crippen LogP contribution in [0.15, 0.2) is 0 Å². The summed E-state index contributed by atoms with van der Waals surface area (Å²) in [6, 6.07) is 0. The molecule has 31 heteroatoms. The summed E-state index contributed by atoms with van der Waals surface area (Å²) in [6.07, 6.45) is -16.2. The second-order valence-electron chi connectivity index (χ2n) is 9.37. The van der Waals surface area contributed by atoms with Gasteiger partial charge in [0.25, 0.3) is 11.3 Å². The highest BCUT2D eigenvalue weighted by molar-refractivity contribution is 7.81. The van der Waals surface area contributed by atoms with E-state index in [-0.39, 0.29) is 0 Å². The zero-order chi connectivity index (χ0) is 38.9. The topological polar surface area (TPSA) is 52.6 Å². The van der Waals surface area contributed by atoms with E-state index in [1.54, 1.807) is 4.18 Å². The van der Waals surface area contributed by atoms with Gasteiger partial charge in [0.1, 0.15) is 0 Å². The summed E-state index contributed by atoms with van der Waals surface area (Å²) in [7, 11) is -8.61. The lowest BCUT2D eigenvalue weighted by atomic mass is 9.64. The molecule has 1 saturated carbocycles. The van der Waals surface area contributed by atoms with E-state index in [9.17, 15) is 118 Å². The Hall–Kier alpha value is -1.59. The Kier molecular flexibility index (Phi) is 9.46. The lowest BCUT2D eigenvalue weighted by Gasteiger charge is -2.57. The molecular formula is C16H6ClF25O4S. The molecule has 0 aromatic carbocycles. The van der Waals surface area contributed by atoms with E-state index in [4.69, 9.17) is 0 Å². The molecule has 0 N–H and O–H groups in total. The fraction of sp³-hybridized carbons (Fsp3) is 1.00. The van der Waals surface area contributed by atoms with E-state index < -0.39 is 106 Å². The lowest BCUT2D eigenvalue weighted by Crippen LogP contribution is -2.91. The summed E-state index contributed by atoms with van der Waals surface area (Å²) in [5.74, 6) is -64.8. The van der Waals surface area contributed by atoms with Gasteiger partial charge < -0.3 is 0 Å². The molecule has 0 aromatic heterocycles. The smallest absolute Gasteiger partial charge is 0.229 e. The van der Waals surface area contributed by atoms with Gasteiger partial charge in [0.05, 0.1) is 0 Å². The van der Waals surface area contributed by atoms with Gasteiger partial charge >= 0.3 is 81.0 Å². The van der Waals surface area contributed by atoms with E-state index in [1.807, 2.05) is 0 Å². The van der Waals surface area contributed by atoms with Gasteiger partial charge in [-0.05, 0) is 25.4 Å². The quantitative estimate of drug-likeness (QED) is 0.139. The van der Waals surface area contributed by atoms with Gasteiger partial charge in [0.15, 0.2) is 0 Å². The highest BCUT2D eigenvalue weighted by Gasteiger charge is 3.09. The van der Waals surface area contributed by atoms with Gasteiger partial charge in [-0.3, -0.25) is 0 Å². The molecule has 0 bridgehead atoms. The molecule has 4 nitrogen and oxygen atoms in total. The summed E-state index contributed by atoms with van der Waals surface area (Å²) in [4.78, 5) is 0. The summed E-state index contributed by atoms with van der Waals surface area (Å²) in [5, 5.41) is -6.39. The van der Waals surface area contributed by atoms with Crippen LogP contribution in [0.1, 0.15) is 13.8 Å². The maximum absolute atomic E-state index is 14.4. The molecule has 2 atom stereocenters. The highest BCUT2D eigenvalue weighted by Crippen LogP contribution is 2.75. The molecule has 282 valence electrons. The van der Waals surface area contributed by atoms with Crippen molar-refractivity contribution in [1.82, 2.24) is 0 Å². The normalized spacial score (nSPS) is 23.8. The van der Waals surface area contributed by atoms with Crippen LogP contribution in [0.5, 0.6) is 0 Å². The number of rotatable bonds is 13. The average Bonchev–Trinajstić information content (AvgIpc) is 2.79. The van der Waals surface area contributed by atoms with E-state index in [2.05, 4.69) is 11.6 Å². The molecule has 1 rings (SSSR count). The number of hydrogen-bond acceptors (Lipinski definition) is 4. The average molecular weight is 805 g/mol. The summed E-state index contributed by atoms with van der Waals surface area (Å²) in [5.41, 5.74) is -22.0. The van der Waals surface area contributed by atoms with Crippen molar-refractivity contribution in [2.24, 2.45) is 0 Å². The Balaban J connectivity index is 3.64. The molecule has 1 aliphatic carbocycles. The van der Waals surface area contributed by atoms with Crippen LogP contribution in [0, 0.1) is 0 Å². The van der Waals surface area contributed by atoms with Crippen LogP contribution in [-0.2, 0) is 18.8 Å². The first-order valence-electron chi connectivity index (χ1n) is 10.2. The van der Waals surface area contributed by atoms with Crippen LogP contribution >= 0.6 is 11.6 Å². The third kappa shape index (κ3) is 4.92. The van der Waals surface area contributed by atoms with Crippen molar-refractivity contribution in [3.63, 3.8) is 0 Å². The predicted octanol–water partition coefficient (Wildman–Crippen LogP) is 8.54. The van der Waals surface area contributed by atoms with Crippen molar-refractivity contribution < 1.29 is 127 Å². The van der Waals surface area contributed by atoms with Gasteiger partial charge in [-0.25, -0.2) is 13.2 Å². The van der Waals surface area contributed by atoms with Gasteiger partial charge in [-0.2, -0.15) is 113 Å². The first-order chi connectivity index (χ1) is 19.7. The minimum Gasteiger partial charge on any atom is -0.229 e. The SMILES string of the molecule is C[C@](F)(C(F)(F)Cl)C(F)(F)C(F)(F)C(F)(F)[C@@](C)(F)C(F)(F)OS(=O)(=O)OC(F)(F)C(F)(F)C(F)(F)C1(F)C(F)(F)C(F)(F)C1(F)F. The van der Waals surface area contributed by atoms with E-state index in [1.165, 1.54) is 4.18 Å². The van der Waals surface area contributed by atoms with E-state index in [0.717, 1.165) is 0 Å². The molecule has 0 aliphatic heterocycles. The molecule has 0 heterocycles. The maximum Gasteiger partial charge on any atom is 0.441 e. The predicted molar refractivity (Wildman–Crippen MR) is 94.2 cm³/mol. The Morgan fingerprint density at radius 3 is 1.09 bits per heavy atom. The zero-order valence-electron chi connectivity index (χ0n) is 20.9. The first-order valence-corrected chi connectivity index (χ1v) is 11.9. The largest absolute Gasteiger partial charge is 0.441 e. The van der Waals surface area contributed by atoms with Crippen LogP contribution in [0.2, 0.25) is 0 Å². The van der Waals surface area contributed by atoms with Crippen molar-refractivity contribution in [3.8, 4) is 0 Å². The highest BCUT2D eigenvalue weighted by atomic mass is 35.5. The molecule has 0 amide bonds. The van der Waals surface area contributed by atoms with Gasteiger partial charge in [-0.1, -0.05) is 0 Å². The minimum atomic E-state index is -8.74. The van der Waals surface area contributed by atoms with Crippen LogP contribution in [0.25, 0.3) is 0 Å². The third-order valence-electron chi connectivity index (χ3n) is 6.31. The lowest BCUT2D eigenvalue weighted by molar-refractivity contribution is -0.531. The van der Waals surface area contributed by atoms with Crippen LogP contribution in [0.4, 0.5) is 110 Å². The van der Waals surface area contributed by atoms with Crippen molar-refractivity contribution >= 4 is 22.0 Å². The van der Waals surface area contributed by atoms with Crippen LogP contribution in [0.3, 0.4) is 0 Å². The molecule has 1 aliphatic rings. The van der Waals surface area contributed by atoms with Gasteiger partial charge in [0.2, 0.25) is 0 Å². The van der Waals surface area contributed by atoms with Crippen LogP contribution in [-0.4, -0.2) is 90.4 Å². The first kappa shape index (κ1) is 43.4. The van der Waals surface area contributed by atoms with Crippen molar-refractivity contribution in [1.29, 1.82) is 0 Å². The van der Waals surface area contributed by atoms with Crippen molar-refractivity contribution in [2.45, 2.75) is 95.8 Å². The molecular weight excluding hydrogens is 799 g/mol. The summed E-state index contributed by atoms with van der Waals surface area (Å²) < 4.78 is 365. The van der Waals surface area contributed by atoms with Crippen molar-refractivity contribution in [2.75, 3.05) is 0 Å². The number of hydrogen-bond donors (Lipinski definition) is 0. The Labute approximate surface area is 245 Å². The van der Waals surface area contributed by atoms with Gasteiger partial charge in [-0.15, -0.1) is 0 Å². The molecule has 0 spiro atoms. The number of alkyl halides is 26. The Bertz CT molecular complexity index is 1310. The summed E-state index contributed by atoms with van der Waals surface area (Å²) >= 11 is 3.71. The maximum atomic E-state index is 14.4. The van der Waals surface area contributed by atoms with Crippen LogP contribution < -0.4 is 0 Å². The summed E-state index contributed by atoms with van der Waals surface area (Å²) in [6.45, 7) is -3.34. The second-order valence-corrected chi connectivity index (χ2v) is 11.0. The molecule has 0 aromatic rings. The molecule has 0 radical (unpaired) electrons. The Morgan fingerprint density at radius 2 is 0.766 bits per heavy atom. The third-order valence-corrected chi connectivity index (χ3v) is 7.49. The monoisotopic (exact) mass is 804 g/mol. The Morgan fingerprint density at radius 1 is 0.468 bits per heavy atom. The minimum absolute atomic E-state index is 1.43. The van der Waals surface area contributed by atoms with E-state index in [0.29, 0.717) is 0 Å². The molecule has 1 fully saturated rings. The fourth-order valence-corrected chi connectivity index (χ4v) is 4.04. The van der Waals surface area contributed by atoms with Crippen molar-refractivity contribution in [3.05, 3.63) is 0 Å². The van der Waals surface area contributed by atoms with E-state index >= 15 is 0 Å². The van der Waals surface area contributed by atoms with Gasteiger partial charge in [0, 0.05) is 0 Å². The molecule has 0 unspecified atom stereocenters. The second kappa shape index (κ2) is 10.2. The zero-order valence-corrected chi connectivity index (χ0v) is 22.4. The number of halogens is 26. The fourth-order valence-electron chi connectivity index (χ4n) is 3.11.